The van der Waals surface area contributed by atoms with Gasteiger partial charge in [-0.05, 0) is 18.2 Å². The zero-order chi connectivity index (χ0) is 14.7. The zero-order valence-corrected chi connectivity index (χ0v) is 11.7. The molecule has 3 rings (SSSR count). The van der Waals surface area contributed by atoms with Crippen LogP contribution >= 0.6 is 0 Å². The third-order valence-electron chi connectivity index (χ3n) is 3.41. The van der Waals surface area contributed by atoms with Crippen LogP contribution < -0.4 is 10.1 Å². The number of aromatic nitrogens is 2. The maximum atomic E-state index is 12.4. The number of anilines is 1. The second-order valence-electron chi connectivity index (χ2n) is 4.82. The van der Waals surface area contributed by atoms with E-state index >= 15 is 0 Å². The van der Waals surface area contributed by atoms with Gasteiger partial charge in [0.15, 0.2) is 0 Å². The molecule has 1 aliphatic rings. The molecule has 1 amide bonds. The number of nitrogens with one attached hydrogen (secondary N) is 1. The second-order valence-corrected chi connectivity index (χ2v) is 4.82. The molecule has 0 unspecified atom stereocenters. The van der Waals surface area contributed by atoms with E-state index in [1.165, 1.54) is 0 Å². The molecule has 2 aromatic rings. The molecule has 1 aromatic carbocycles. The molecule has 0 saturated carbocycles. The van der Waals surface area contributed by atoms with E-state index in [2.05, 4.69) is 15.3 Å². The van der Waals surface area contributed by atoms with Crippen LogP contribution in [0.25, 0.3) is 0 Å². The molecule has 1 fully saturated rings. The lowest BCUT2D eigenvalue weighted by Gasteiger charge is -2.39. The van der Waals surface area contributed by atoms with Crippen molar-refractivity contribution >= 4 is 11.9 Å². The van der Waals surface area contributed by atoms with Crippen LogP contribution in [0.4, 0.5) is 5.95 Å². The average Bonchev–Trinajstić information content (AvgIpc) is 2.51. The van der Waals surface area contributed by atoms with E-state index < -0.39 is 0 Å². The lowest BCUT2D eigenvalue weighted by Crippen LogP contribution is -2.57. The van der Waals surface area contributed by atoms with E-state index in [0.29, 0.717) is 30.4 Å². The number of benzene rings is 1. The number of methoxy groups -OCH3 is 1. The van der Waals surface area contributed by atoms with Gasteiger partial charge in [-0.15, -0.1) is 0 Å². The van der Waals surface area contributed by atoms with Gasteiger partial charge >= 0.3 is 0 Å². The van der Waals surface area contributed by atoms with Gasteiger partial charge in [-0.2, -0.15) is 0 Å². The summed E-state index contributed by atoms with van der Waals surface area (Å²) in [5.41, 5.74) is 0.592. The fourth-order valence-corrected chi connectivity index (χ4v) is 2.28. The Labute approximate surface area is 122 Å². The van der Waals surface area contributed by atoms with E-state index in [-0.39, 0.29) is 11.9 Å². The molecule has 1 aliphatic heterocycles. The number of ether oxygens (including phenoxy) is 1. The number of carbonyl (C=O) groups excluding carboxylic acids is 1. The first-order valence-corrected chi connectivity index (χ1v) is 6.74. The normalized spacial score (nSPS) is 14.4. The molecule has 0 aliphatic carbocycles. The highest BCUT2D eigenvalue weighted by molar-refractivity contribution is 5.97. The summed E-state index contributed by atoms with van der Waals surface area (Å²) in [6, 6.07) is 9.21. The van der Waals surface area contributed by atoms with Gasteiger partial charge in [0, 0.05) is 25.5 Å². The molecule has 0 bridgehead atoms. The van der Waals surface area contributed by atoms with Crippen LogP contribution in [0.5, 0.6) is 5.75 Å². The number of carbonyl (C=O) groups is 1. The maximum Gasteiger partial charge on any atom is 0.257 e. The van der Waals surface area contributed by atoms with Crippen LogP contribution in [0.2, 0.25) is 0 Å². The molecule has 6 nitrogen and oxygen atoms in total. The molecule has 21 heavy (non-hydrogen) atoms. The first-order valence-electron chi connectivity index (χ1n) is 6.74. The van der Waals surface area contributed by atoms with Crippen molar-refractivity contribution < 1.29 is 9.53 Å². The molecule has 1 N–H and O–H groups in total. The molecule has 108 valence electrons. The van der Waals surface area contributed by atoms with E-state index in [1.807, 2.05) is 12.1 Å². The number of para-hydroxylation sites is 1. The topological polar surface area (TPSA) is 67.3 Å². The van der Waals surface area contributed by atoms with Crippen LogP contribution in [0.3, 0.4) is 0 Å². The largest absolute Gasteiger partial charge is 0.496 e. The van der Waals surface area contributed by atoms with Crippen LogP contribution in [0.1, 0.15) is 10.4 Å². The first-order chi connectivity index (χ1) is 10.3. The highest BCUT2D eigenvalue weighted by Gasteiger charge is 2.32. The SMILES string of the molecule is COc1ccccc1C(=O)N1CC(Nc2ncccn2)C1. The predicted molar refractivity (Wildman–Crippen MR) is 78.3 cm³/mol. The van der Waals surface area contributed by atoms with E-state index in [0.717, 1.165) is 0 Å². The van der Waals surface area contributed by atoms with Crippen molar-refractivity contribution in [2.75, 3.05) is 25.5 Å². The fraction of sp³-hybridized carbons (Fsp3) is 0.267. The molecule has 6 heteroatoms. The number of amides is 1. The lowest BCUT2D eigenvalue weighted by atomic mass is 10.1. The summed E-state index contributed by atoms with van der Waals surface area (Å²) in [7, 11) is 1.57. The van der Waals surface area contributed by atoms with E-state index in [4.69, 9.17) is 4.74 Å². The molecule has 0 radical (unpaired) electrons. The summed E-state index contributed by atoms with van der Waals surface area (Å²) in [6.45, 7) is 1.27. The number of rotatable bonds is 4. The fourth-order valence-electron chi connectivity index (χ4n) is 2.28. The van der Waals surface area contributed by atoms with Gasteiger partial charge in [0.2, 0.25) is 5.95 Å². The summed E-state index contributed by atoms with van der Waals surface area (Å²) < 4.78 is 5.22. The monoisotopic (exact) mass is 284 g/mol. The van der Waals surface area contributed by atoms with E-state index in [1.54, 1.807) is 42.6 Å². The van der Waals surface area contributed by atoms with Gasteiger partial charge in [0.25, 0.3) is 5.91 Å². The smallest absolute Gasteiger partial charge is 0.257 e. The lowest BCUT2D eigenvalue weighted by molar-refractivity contribution is 0.0621. The highest BCUT2D eigenvalue weighted by Crippen LogP contribution is 2.22. The van der Waals surface area contributed by atoms with Gasteiger partial charge in [-0.3, -0.25) is 4.79 Å². The van der Waals surface area contributed by atoms with Crippen molar-refractivity contribution in [2.45, 2.75) is 6.04 Å². The first kappa shape index (κ1) is 13.4. The van der Waals surface area contributed by atoms with Crippen molar-refractivity contribution in [1.29, 1.82) is 0 Å². The molecule has 0 spiro atoms. The zero-order valence-electron chi connectivity index (χ0n) is 11.7. The minimum absolute atomic E-state index is 0.0144. The van der Waals surface area contributed by atoms with Crippen LogP contribution in [-0.4, -0.2) is 47.0 Å². The summed E-state index contributed by atoms with van der Waals surface area (Å²) in [5.74, 6) is 1.18. The third-order valence-corrected chi connectivity index (χ3v) is 3.41. The third kappa shape index (κ3) is 2.79. The van der Waals surface area contributed by atoms with Gasteiger partial charge in [-0.25, -0.2) is 9.97 Å². The number of likely N-dealkylation sites (tertiary alicyclic amines) is 1. The Kier molecular flexibility index (Phi) is 3.68. The second kappa shape index (κ2) is 5.78. The average molecular weight is 284 g/mol. The molecule has 1 aromatic heterocycles. The molecule has 0 atom stereocenters. The number of hydrogen-bond acceptors (Lipinski definition) is 5. The van der Waals surface area contributed by atoms with Crippen molar-refractivity contribution in [3.63, 3.8) is 0 Å². The summed E-state index contributed by atoms with van der Waals surface area (Å²) >= 11 is 0. The summed E-state index contributed by atoms with van der Waals surface area (Å²) in [5, 5.41) is 3.20. The predicted octanol–water partition coefficient (Wildman–Crippen LogP) is 1.42. The van der Waals surface area contributed by atoms with Gasteiger partial charge in [-0.1, -0.05) is 12.1 Å². The highest BCUT2D eigenvalue weighted by atomic mass is 16.5. The molecular weight excluding hydrogens is 268 g/mol. The Bertz CT molecular complexity index is 627. The van der Waals surface area contributed by atoms with Gasteiger partial charge in [0.1, 0.15) is 5.75 Å². The number of nitrogens with zero attached hydrogens (tertiary/aromatic N) is 3. The minimum Gasteiger partial charge on any atom is -0.496 e. The Morgan fingerprint density at radius 2 is 1.95 bits per heavy atom. The maximum absolute atomic E-state index is 12.4. The molecular formula is C15H16N4O2. The van der Waals surface area contributed by atoms with Crippen LogP contribution in [-0.2, 0) is 0 Å². The Hall–Kier alpha value is -2.63. The molecule has 2 heterocycles. The van der Waals surface area contributed by atoms with E-state index in [9.17, 15) is 4.79 Å². The Balaban J connectivity index is 1.60. The number of hydrogen-bond donors (Lipinski definition) is 1. The molecule has 1 saturated heterocycles. The van der Waals surface area contributed by atoms with Crippen molar-refractivity contribution in [3.8, 4) is 5.75 Å². The van der Waals surface area contributed by atoms with Gasteiger partial charge in [0.05, 0.1) is 18.7 Å². The van der Waals surface area contributed by atoms with Crippen molar-refractivity contribution in [1.82, 2.24) is 14.9 Å². The minimum atomic E-state index is -0.0144. The van der Waals surface area contributed by atoms with Crippen molar-refractivity contribution in [3.05, 3.63) is 48.3 Å². The van der Waals surface area contributed by atoms with Crippen molar-refractivity contribution in [2.24, 2.45) is 0 Å². The standard InChI is InChI=1S/C15H16N4O2/c1-21-13-6-3-2-5-12(13)14(20)19-9-11(10-19)18-15-16-7-4-8-17-15/h2-8,11H,9-10H2,1H3,(H,16,17,18). The summed E-state index contributed by atoms with van der Waals surface area (Å²) in [4.78, 5) is 22.4. The Morgan fingerprint density at radius 1 is 1.24 bits per heavy atom. The quantitative estimate of drug-likeness (QED) is 0.919. The van der Waals surface area contributed by atoms with Gasteiger partial charge < -0.3 is 15.0 Å². The Morgan fingerprint density at radius 3 is 2.67 bits per heavy atom. The van der Waals surface area contributed by atoms with Crippen LogP contribution in [0.15, 0.2) is 42.7 Å². The van der Waals surface area contributed by atoms with Crippen LogP contribution in [0, 0.1) is 0 Å². The summed E-state index contributed by atoms with van der Waals surface area (Å²) in [6.07, 6.45) is 3.37.